The summed E-state index contributed by atoms with van der Waals surface area (Å²) in [6.07, 6.45) is -0.167. The Balaban J connectivity index is -0.000000132. The van der Waals surface area contributed by atoms with Gasteiger partial charge in [-0.3, -0.25) is 0 Å². The molecule has 38 heavy (non-hydrogen) atoms. The van der Waals surface area contributed by atoms with Crippen LogP contribution < -0.4 is 0 Å². The van der Waals surface area contributed by atoms with Crippen LogP contribution in [0, 0.1) is 0 Å². The molecule has 0 aliphatic heterocycles. The predicted molar refractivity (Wildman–Crippen MR) is 177 cm³/mol. The van der Waals surface area contributed by atoms with Gasteiger partial charge in [0, 0.05) is 32.3 Å². The van der Waals surface area contributed by atoms with E-state index in [2.05, 4.69) is 125 Å². The summed E-state index contributed by atoms with van der Waals surface area (Å²) in [7, 11) is -5.94. The average Bonchev–Trinajstić information content (AvgIpc) is 2.70. The zero-order valence-corrected chi connectivity index (χ0v) is 35.0. The van der Waals surface area contributed by atoms with Crippen LogP contribution in [0.4, 0.5) is 0 Å². The zero-order chi connectivity index (χ0) is 31.3. The van der Waals surface area contributed by atoms with Crippen LogP contribution in [0.1, 0.15) is 138 Å². The molecule has 0 heterocycles. The molecule has 0 saturated heterocycles. The van der Waals surface area contributed by atoms with Crippen molar-refractivity contribution in [2.75, 3.05) is 0 Å². The molecule has 0 aromatic heterocycles. The van der Waals surface area contributed by atoms with E-state index >= 15 is 0 Å². The van der Waals surface area contributed by atoms with Crippen molar-refractivity contribution in [3.05, 3.63) is 0 Å². The van der Waals surface area contributed by atoms with Crippen molar-refractivity contribution >= 4 is 25.0 Å². The Bertz CT molecular complexity index is 410. The number of hydrogen-bond acceptors (Lipinski definition) is 4. The molecular formula is C30H74O4Si3Zr. The Kier molecular flexibility index (Phi) is 28.4. The molecule has 0 saturated carbocycles. The van der Waals surface area contributed by atoms with E-state index < -0.39 is 25.0 Å². The molecule has 0 bridgehead atoms. The second-order valence-corrected chi connectivity index (χ2v) is 29.9. The number of rotatable bonds is 9. The first kappa shape index (κ1) is 49.1. The fourth-order valence-corrected chi connectivity index (χ4v) is 18.0. The summed E-state index contributed by atoms with van der Waals surface area (Å²) in [4.78, 5) is 31.1. The molecule has 0 unspecified atom stereocenters. The van der Waals surface area contributed by atoms with Gasteiger partial charge in [-0.15, -0.1) is 0 Å². The minimum absolute atomic E-state index is 0. The molecule has 0 aliphatic carbocycles. The van der Waals surface area contributed by atoms with Crippen LogP contribution in [0.25, 0.3) is 0 Å². The van der Waals surface area contributed by atoms with Crippen molar-refractivity contribution in [3.8, 4) is 0 Å². The van der Waals surface area contributed by atoms with Gasteiger partial charge in [0.1, 0.15) is 0 Å². The fraction of sp³-hybridized carbons (Fsp3) is 1.00. The molecule has 0 rings (SSSR count). The molecule has 0 aromatic rings. The molecule has 0 atom stereocenters. The predicted octanol–water partition coefficient (Wildman–Crippen LogP) is 9.85. The first-order chi connectivity index (χ1) is 16.2. The minimum Gasteiger partial charge on any atom is -0.431 e. The quantitative estimate of drug-likeness (QED) is 0.184. The summed E-state index contributed by atoms with van der Waals surface area (Å²) in [6, 6.07) is 0. The first-order valence-electron chi connectivity index (χ1n) is 15.1. The smallest absolute Gasteiger partial charge is 0.196 e. The Labute approximate surface area is 263 Å². The Morgan fingerprint density at radius 2 is 0.342 bits per heavy atom. The Hall–Kier alpha value is 1.37. The summed E-state index contributed by atoms with van der Waals surface area (Å²) in [5.74, 6) is 0. The maximum absolute atomic E-state index is 10.4. The summed E-state index contributed by atoms with van der Waals surface area (Å²) in [5.41, 5.74) is 4.27. The Morgan fingerprint density at radius 3 is 0.342 bits per heavy atom. The largest absolute Gasteiger partial charge is 0.431 e. The molecule has 0 radical (unpaired) electrons. The zero-order valence-electron chi connectivity index (χ0n) is 29.6. The van der Waals surface area contributed by atoms with Gasteiger partial charge >= 0.3 is 0 Å². The third-order valence-corrected chi connectivity index (χ3v) is 25.0. The van der Waals surface area contributed by atoms with Crippen LogP contribution in [0.3, 0.4) is 0 Å². The van der Waals surface area contributed by atoms with Gasteiger partial charge in [-0.25, -0.2) is 0 Å². The van der Waals surface area contributed by atoms with E-state index in [9.17, 15) is 14.4 Å². The fourth-order valence-electron chi connectivity index (χ4n) is 6.00. The molecule has 0 aromatic carbocycles. The van der Waals surface area contributed by atoms with Crippen molar-refractivity contribution in [2.45, 2.75) is 194 Å². The standard InChI is InChI=1S/3C9H22OSi.C3H8O.Zr/c3*1-7(2)11(10,8(3)4)9(5)6;1-3(2)4;/h3*7-10H,1-6H3;3-4H,1-2H3;. The number of hydrogen-bond donors (Lipinski definition) is 4. The van der Waals surface area contributed by atoms with Crippen molar-refractivity contribution < 1.29 is 45.7 Å². The Morgan fingerprint density at radius 1 is 0.289 bits per heavy atom. The molecule has 0 amide bonds. The van der Waals surface area contributed by atoms with Gasteiger partial charge in [-0.1, -0.05) is 125 Å². The van der Waals surface area contributed by atoms with Gasteiger partial charge in [-0.2, -0.15) is 0 Å². The van der Waals surface area contributed by atoms with E-state index in [1.54, 1.807) is 13.8 Å². The molecular weight excluding hydrogens is 600 g/mol. The first-order valence-corrected chi connectivity index (χ1v) is 21.6. The molecule has 8 heteroatoms. The maximum Gasteiger partial charge on any atom is 0.196 e. The monoisotopic (exact) mass is 672 g/mol. The van der Waals surface area contributed by atoms with Crippen molar-refractivity contribution in [3.63, 3.8) is 0 Å². The van der Waals surface area contributed by atoms with Crippen molar-refractivity contribution in [1.29, 1.82) is 0 Å². The van der Waals surface area contributed by atoms with Gasteiger partial charge in [0.25, 0.3) is 0 Å². The summed E-state index contributed by atoms with van der Waals surface area (Å²) < 4.78 is 0. The van der Waals surface area contributed by atoms with Crippen LogP contribution in [0.15, 0.2) is 0 Å². The van der Waals surface area contributed by atoms with Crippen LogP contribution in [-0.2, 0) is 26.2 Å². The van der Waals surface area contributed by atoms with Gasteiger partial charge in [0.15, 0.2) is 25.0 Å². The number of aliphatic hydroxyl groups excluding tert-OH is 1. The molecule has 0 fully saturated rings. The van der Waals surface area contributed by atoms with Crippen LogP contribution in [0.5, 0.6) is 0 Å². The van der Waals surface area contributed by atoms with Crippen LogP contribution in [-0.4, -0.2) is 50.5 Å². The molecule has 0 aliphatic rings. The molecule has 4 nitrogen and oxygen atoms in total. The molecule has 0 spiro atoms. The second-order valence-electron chi connectivity index (χ2n) is 14.1. The summed E-state index contributed by atoms with van der Waals surface area (Å²) >= 11 is 0. The van der Waals surface area contributed by atoms with E-state index in [0.29, 0.717) is 49.9 Å². The third-order valence-electron chi connectivity index (χ3n) is 8.32. The maximum atomic E-state index is 10.4. The third kappa shape index (κ3) is 16.1. The summed E-state index contributed by atoms with van der Waals surface area (Å²) in [6.45, 7) is 42.1. The number of aliphatic hydroxyl groups is 1. The van der Waals surface area contributed by atoms with E-state index in [4.69, 9.17) is 5.11 Å². The van der Waals surface area contributed by atoms with Gasteiger partial charge in [-0.05, 0) is 63.7 Å². The van der Waals surface area contributed by atoms with E-state index in [-0.39, 0.29) is 32.3 Å². The van der Waals surface area contributed by atoms with E-state index in [1.165, 1.54) is 0 Å². The van der Waals surface area contributed by atoms with Gasteiger partial charge < -0.3 is 19.5 Å². The molecule has 4 N–H and O–H groups in total. The minimum atomic E-state index is -1.98. The topological polar surface area (TPSA) is 80.9 Å². The van der Waals surface area contributed by atoms with Crippen LogP contribution >= 0.6 is 0 Å². The molecule has 234 valence electrons. The van der Waals surface area contributed by atoms with Crippen LogP contribution in [0.2, 0.25) is 49.9 Å². The normalized spacial score (nSPS) is 12.8. The van der Waals surface area contributed by atoms with Gasteiger partial charge in [0.05, 0.1) is 0 Å². The SMILES string of the molecule is CC(C)O.CC(C)[Si](O)(C(C)C)C(C)C.CC(C)[Si](O)(C(C)C)C(C)C.CC(C)[Si](O)(C(C)C)C(C)C.[Zr]. The van der Waals surface area contributed by atoms with Crippen molar-refractivity contribution in [2.24, 2.45) is 0 Å². The van der Waals surface area contributed by atoms with Crippen molar-refractivity contribution in [1.82, 2.24) is 0 Å². The van der Waals surface area contributed by atoms with Gasteiger partial charge in [0.2, 0.25) is 0 Å². The van der Waals surface area contributed by atoms with E-state index in [0.717, 1.165) is 0 Å². The summed E-state index contributed by atoms with van der Waals surface area (Å²) in [5, 5.41) is 8.06. The average molecular weight is 674 g/mol. The second kappa shape index (κ2) is 22.0. The van der Waals surface area contributed by atoms with E-state index in [1.807, 2.05) is 0 Å².